The monoisotopic (exact) mass is 344 g/mol. The number of anilines is 1. The molecule has 0 unspecified atom stereocenters. The first-order chi connectivity index (χ1) is 10.2. The number of halogens is 1. The molecule has 0 bridgehead atoms. The molecule has 0 spiro atoms. The van der Waals surface area contributed by atoms with Crippen molar-refractivity contribution in [1.82, 2.24) is 4.98 Å². The smallest absolute Gasteiger partial charge is 0.255 e. The molecule has 1 aromatic heterocycles. The van der Waals surface area contributed by atoms with Gasteiger partial charge in [0.15, 0.2) is 0 Å². The fourth-order valence-electron chi connectivity index (χ4n) is 2.13. The molecule has 0 aliphatic carbocycles. The number of methoxy groups -OCH3 is 1. The summed E-state index contributed by atoms with van der Waals surface area (Å²) in [4.78, 5) is 15.4. The molecule has 0 atom stereocenters. The van der Waals surface area contributed by atoms with Gasteiger partial charge in [-0.1, -0.05) is 6.07 Å². The van der Waals surface area contributed by atoms with E-state index in [1.54, 1.807) is 13.2 Å². The summed E-state index contributed by atoms with van der Waals surface area (Å²) in [7, 11) is 1.59. The molecule has 0 aliphatic rings. The molecule has 1 heterocycles. The lowest BCUT2D eigenvalue weighted by molar-refractivity contribution is 0.102. The van der Waals surface area contributed by atoms with Crippen LogP contribution in [0.25, 0.3) is 10.9 Å². The molecule has 5 heteroatoms. The minimum Gasteiger partial charge on any atom is -0.495 e. The average Bonchev–Trinajstić information content (AvgIpc) is 2.96. The van der Waals surface area contributed by atoms with E-state index < -0.39 is 0 Å². The summed E-state index contributed by atoms with van der Waals surface area (Å²) in [6.07, 6.45) is 1.85. The SMILES string of the molecule is COc1cc(NC(=O)c2ccc3cc[nH]c3c2)ccc1Br. The minimum absolute atomic E-state index is 0.157. The molecule has 3 aromatic rings. The number of rotatable bonds is 3. The van der Waals surface area contributed by atoms with Crippen molar-refractivity contribution in [3.63, 3.8) is 0 Å². The van der Waals surface area contributed by atoms with Gasteiger partial charge in [0, 0.05) is 29.0 Å². The Kier molecular flexibility index (Phi) is 3.66. The molecule has 2 N–H and O–H groups in total. The van der Waals surface area contributed by atoms with Gasteiger partial charge in [-0.05, 0) is 51.6 Å². The van der Waals surface area contributed by atoms with Gasteiger partial charge in [0.1, 0.15) is 5.75 Å². The van der Waals surface area contributed by atoms with E-state index in [1.165, 1.54) is 0 Å². The van der Waals surface area contributed by atoms with Crippen LogP contribution in [0.15, 0.2) is 53.1 Å². The Morgan fingerprint density at radius 3 is 2.86 bits per heavy atom. The Bertz CT molecular complexity index is 811. The van der Waals surface area contributed by atoms with Gasteiger partial charge in [0.25, 0.3) is 5.91 Å². The third-order valence-corrected chi connectivity index (χ3v) is 3.88. The van der Waals surface area contributed by atoms with Gasteiger partial charge in [0.2, 0.25) is 0 Å². The summed E-state index contributed by atoms with van der Waals surface area (Å²) in [5.74, 6) is 0.517. The summed E-state index contributed by atoms with van der Waals surface area (Å²) in [6, 6.07) is 13.0. The van der Waals surface area contributed by atoms with E-state index >= 15 is 0 Å². The standard InChI is InChI=1S/C16H13BrN2O2/c1-21-15-9-12(4-5-13(15)17)19-16(20)11-3-2-10-6-7-18-14(10)8-11/h2-9,18H,1H3,(H,19,20). The molecule has 3 rings (SSSR count). The predicted octanol–water partition coefficient (Wildman–Crippen LogP) is 4.19. The lowest BCUT2D eigenvalue weighted by Crippen LogP contribution is -2.11. The highest BCUT2D eigenvalue weighted by Gasteiger charge is 2.09. The first kappa shape index (κ1) is 13.7. The van der Waals surface area contributed by atoms with Gasteiger partial charge in [-0.2, -0.15) is 0 Å². The van der Waals surface area contributed by atoms with Crippen molar-refractivity contribution < 1.29 is 9.53 Å². The Morgan fingerprint density at radius 2 is 2.05 bits per heavy atom. The molecule has 0 saturated carbocycles. The highest BCUT2D eigenvalue weighted by atomic mass is 79.9. The highest BCUT2D eigenvalue weighted by molar-refractivity contribution is 9.10. The first-order valence-corrected chi connectivity index (χ1v) is 7.19. The van der Waals surface area contributed by atoms with Crippen LogP contribution in [0, 0.1) is 0 Å². The van der Waals surface area contributed by atoms with Gasteiger partial charge >= 0.3 is 0 Å². The first-order valence-electron chi connectivity index (χ1n) is 6.39. The fourth-order valence-corrected chi connectivity index (χ4v) is 2.54. The topological polar surface area (TPSA) is 54.1 Å². The second-order valence-electron chi connectivity index (χ2n) is 4.58. The van der Waals surface area contributed by atoms with E-state index in [-0.39, 0.29) is 5.91 Å². The minimum atomic E-state index is -0.157. The normalized spacial score (nSPS) is 10.6. The van der Waals surface area contributed by atoms with Gasteiger partial charge in [-0.25, -0.2) is 0 Å². The summed E-state index contributed by atoms with van der Waals surface area (Å²) in [5, 5.41) is 3.94. The van der Waals surface area contributed by atoms with Crippen molar-refractivity contribution in [3.8, 4) is 5.75 Å². The van der Waals surface area contributed by atoms with Crippen LogP contribution in [0.1, 0.15) is 10.4 Å². The number of carbonyl (C=O) groups is 1. The fraction of sp³-hybridized carbons (Fsp3) is 0.0625. The number of nitrogens with one attached hydrogen (secondary N) is 2. The van der Waals surface area contributed by atoms with Crippen LogP contribution in [0.5, 0.6) is 5.75 Å². The summed E-state index contributed by atoms with van der Waals surface area (Å²) >= 11 is 3.38. The van der Waals surface area contributed by atoms with Crippen LogP contribution in [0.4, 0.5) is 5.69 Å². The van der Waals surface area contributed by atoms with Crippen molar-refractivity contribution in [1.29, 1.82) is 0 Å². The molecule has 2 aromatic carbocycles. The summed E-state index contributed by atoms with van der Waals surface area (Å²) in [5.41, 5.74) is 2.23. The van der Waals surface area contributed by atoms with Crippen LogP contribution in [-0.4, -0.2) is 18.0 Å². The van der Waals surface area contributed by atoms with Crippen molar-refractivity contribution >= 4 is 38.4 Å². The van der Waals surface area contributed by atoms with Crippen molar-refractivity contribution in [2.24, 2.45) is 0 Å². The zero-order chi connectivity index (χ0) is 14.8. The maximum atomic E-state index is 12.3. The molecule has 4 nitrogen and oxygen atoms in total. The number of aromatic amines is 1. The molecular formula is C16H13BrN2O2. The number of amides is 1. The second kappa shape index (κ2) is 5.61. The van der Waals surface area contributed by atoms with E-state index in [1.807, 2.05) is 42.6 Å². The molecule has 106 valence electrons. The number of hydrogen-bond donors (Lipinski definition) is 2. The van der Waals surface area contributed by atoms with Crippen LogP contribution in [0.2, 0.25) is 0 Å². The Labute approximate surface area is 130 Å². The third-order valence-electron chi connectivity index (χ3n) is 3.23. The van der Waals surface area contributed by atoms with Crippen LogP contribution < -0.4 is 10.1 Å². The largest absolute Gasteiger partial charge is 0.495 e. The lowest BCUT2D eigenvalue weighted by Gasteiger charge is -2.08. The Balaban J connectivity index is 1.85. The van der Waals surface area contributed by atoms with E-state index in [2.05, 4.69) is 26.2 Å². The number of ether oxygens (including phenoxy) is 1. The molecular weight excluding hydrogens is 332 g/mol. The van der Waals surface area contributed by atoms with Crippen LogP contribution in [-0.2, 0) is 0 Å². The Hall–Kier alpha value is -2.27. The predicted molar refractivity (Wildman–Crippen MR) is 86.9 cm³/mol. The molecule has 1 amide bonds. The van der Waals surface area contributed by atoms with E-state index in [0.717, 1.165) is 15.4 Å². The highest BCUT2D eigenvalue weighted by Crippen LogP contribution is 2.28. The lowest BCUT2D eigenvalue weighted by atomic mass is 10.1. The van der Waals surface area contributed by atoms with Crippen molar-refractivity contribution in [2.75, 3.05) is 12.4 Å². The average molecular weight is 345 g/mol. The molecule has 0 fully saturated rings. The zero-order valence-electron chi connectivity index (χ0n) is 11.3. The number of fused-ring (bicyclic) bond motifs is 1. The summed E-state index contributed by atoms with van der Waals surface area (Å²) < 4.78 is 6.06. The number of hydrogen-bond acceptors (Lipinski definition) is 2. The molecule has 0 saturated heterocycles. The quantitative estimate of drug-likeness (QED) is 0.748. The van der Waals surface area contributed by atoms with Gasteiger partial charge in [0.05, 0.1) is 11.6 Å². The van der Waals surface area contributed by atoms with Crippen LogP contribution in [0.3, 0.4) is 0 Å². The number of carbonyl (C=O) groups excluding carboxylic acids is 1. The maximum Gasteiger partial charge on any atom is 0.255 e. The van der Waals surface area contributed by atoms with E-state index in [4.69, 9.17) is 4.74 Å². The van der Waals surface area contributed by atoms with Crippen molar-refractivity contribution in [2.45, 2.75) is 0 Å². The van der Waals surface area contributed by atoms with Crippen LogP contribution >= 0.6 is 15.9 Å². The molecule has 0 radical (unpaired) electrons. The van der Waals surface area contributed by atoms with Gasteiger partial charge in [-0.3, -0.25) is 4.79 Å². The molecule has 21 heavy (non-hydrogen) atoms. The summed E-state index contributed by atoms with van der Waals surface area (Å²) in [6.45, 7) is 0. The Morgan fingerprint density at radius 1 is 1.19 bits per heavy atom. The van der Waals surface area contributed by atoms with E-state index in [0.29, 0.717) is 17.0 Å². The number of aromatic nitrogens is 1. The zero-order valence-corrected chi connectivity index (χ0v) is 12.9. The van der Waals surface area contributed by atoms with Gasteiger partial charge < -0.3 is 15.0 Å². The van der Waals surface area contributed by atoms with E-state index in [9.17, 15) is 4.79 Å². The number of H-pyrrole nitrogens is 1. The third kappa shape index (κ3) is 2.78. The van der Waals surface area contributed by atoms with Crippen molar-refractivity contribution in [3.05, 3.63) is 58.7 Å². The maximum absolute atomic E-state index is 12.3. The van der Waals surface area contributed by atoms with Gasteiger partial charge in [-0.15, -0.1) is 0 Å². The number of benzene rings is 2. The molecule has 0 aliphatic heterocycles. The second-order valence-corrected chi connectivity index (χ2v) is 5.44.